The van der Waals surface area contributed by atoms with Crippen molar-refractivity contribution < 1.29 is 27.8 Å². The van der Waals surface area contributed by atoms with Crippen molar-refractivity contribution >= 4 is 13.4 Å². The maximum atomic E-state index is 11.4. The average molecular weight is 467 g/mol. The van der Waals surface area contributed by atoms with Crippen molar-refractivity contribution in [3.05, 3.63) is 89.9 Å². The van der Waals surface area contributed by atoms with Gasteiger partial charge in [-0.3, -0.25) is 14.8 Å². The molecule has 0 saturated heterocycles. The molecule has 0 bridgehead atoms. The molecule has 1 aromatic carbocycles. The first-order valence-electron chi connectivity index (χ1n) is 10.2. The molecule has 1 unspecified atom stereocenters. The third-order valence-corrected chi connectivity index (χ3v) is 5.40. The van der Waals surface area contributed by atoms with Crippen LogP contribution in [-0.4, -0.2) is 21.7 Å². The van der Waals surface area contributed by atoms with E-state index in [9.17, 15) is 9.46 Å². The fourth-order valence-electron chi connectivity index (χ4n) is 3.13. The number of rotatable bonds is 9. The normalized spacial score (nSPS) is 12.9. The van der Waals surface area contributed by atoms with Crippen molar-refractivity contribution in [2.45, 2.75) is 19.8 Å². The Kier molecular flexibility index (Phi) is 6.84. The monoisotopic (exact) mass is 467 g/mol. The lowest BCUT2D eigenvalue weighted by atomic mass is 10.1. The summed E-state index contributed by atoms with van der Waals surface area (Å²) in [4.78, 5) is 13.5. The Hall–Kier alpha value is -3.52. The zero-order valence-corrected chi connectivity index (χ0v) is 18.9. The van der Waals surface area contributed by atoms with E-state index >= 15 is 0 Å². The zero-order valence-electron chi connectivity index (χ0n) is 18.0. The Morgan fingerprint density at radius 3 is 2.64 bits per heavy atom. The van der Waals surface area contributed by atoms with E-state index in [0.717, 1.165) is 23.5 Å². The van der Waals surface area contributed by atoms with Crippen LogP contribution >= 0.6 is 7.60 Å². The van der Waals surface area contributed by atoms with Gasteiger partial charge in [0.2, 0.25) is 12.6 Å². The van der Waals surface area contributed by atoms with Crippen molar-refractivity contribution in [3.63, 3.8) is 0 Å². The van der Waals surface area contributed by atoms with Gasteiger partial charge in [0.15, 0.2) is 5.76 Å². The average Bonchev–Trinajstić information content (AvgIpc) is 3.26. The van der Waals surface area contributed by atoms with E-state index in [4.69, 9.17) is 19.5 Å². The second-order valence-corrected chi connectivity index (χ2v) is 9.33. The summed E-state index contributed by atoms with van der Waals surface area (Å²) in [6.07, 6.45) is 3.94. The summed E-state index contributed by atoms with van der Waals surface area (Å²) >= 11 is 0. The topological polar surface area (TPSA) is 125 Å². The van der Waals surface area contributed by atoms with Crippen LogP contribution in [0.2, 0.25) is 0 Å². The number of nitrogens with two attached hydrogens (primary N) is 1. The predicted octanol–water partition coefficient (Wildman–Crippen LogP) is 3.57. The minimum Gasteiger partial charge on any atom is -0.473 e. The Morgan fingerprint density at radius 2 is 1.91 bits per heavy atom. The van der Waals surface area contributed by atoms with Gasteiger partial charge < -0.3 is 14.2 Å². The number of benzene rings is 1. The lowest BCUT2D eigenvalue weighted by molar-refractivity contribution is -0.711. The molecule has 0 radical (unpaired) electrons. The van der Waals surface area contributed by atoms with Gasteiger partial charge in [-0.05, 0) is 29.3 Å². The van der Waals surface area contributed by atoms with Crippen molar-refractivity contribution in [3.8, 4) is 17.2 Å². The van der Waals surface area contributed by atoms with Crippen LogP contribution in [0.3, 0.4) is 0 Å². The third kappa shape index (κ3) is 6.26. The molecule has 0 aliphatic carbocycles. The predicted molar refractivity (Wildman–Crippen MR) is 121 cm³/mol. The quantitative estimate of drug-likeness (QED) is 0.283. The summed E-state index contributed by atoms with van der Waals surface area (Å²) in [5.41, 5.74) is 9.68. The molecule has 0 aliphatic heterocycles. The van der Waals surface area contributed by atoms with Gasteiger partial charge in [-0.25, -0.2) is 9.55 Å². The molecule has 0 amide bonds. The molecule has 3 N–H and O–H groups in total. The number of hydrogen-bond acceptors (Lipinski definition) is 7. The number of nitrogen functional groups attached to an aromatic ring is 1. The van der Waals surface area contributed by atoms with Crippen LogP contribution in [0.5, 0.6) is 5.88 Å². The number of pyridine rings is 2. The highest BCUT2D eigenvalue weighted by Gasteiger charge is 2.19. The second-order valence-electron chi connectivity index (χ2n) is 7.47. The second kappa shape index (κ2) is 9.95. The van der Waals surface area contributed by atoms with Crippen molar-refractivity contribution in [2.75, 3.05) is 12.4 Å². The molecule has 3 aromatic heterocycles. The lowest BCUT2D eigenvalue weighted by Crippen LogP contribution is -2.38. The number of aromatic nitrogens is 3. The van der Waals surface area contributed by atoms with E-state index in [2.05, 4.69) is 10.1 Å². The van der Waals surface area contributed by atoms with Crippen LogP contribution in [0.25, 0.3) is 11.3 Å². The Morgan fingerprint density at radius 1 is 1.12 bits per heavy atom. The van der Waals surface area contributed by atoms with E-state index < -0.39 is 7.60 Å². The van der Waals surface area contributed by atoms with Crippen LogP contribution in [-0.2, 0) is 28.8 Å². The Bertz CT molecular complexity index is 1260. The van der Waals surface area contributed by atoms with Crippen LogP contribution in [0, 0.1) is 0 Å². The Balaban J connectivity index is 1.40. The summed E-state index contributed by atoms with van der Waals surface area (Å²) in [5.74, 6) is 1.43. The standard InChI is InChI=1S/C23H23N4O5P/c1-33(28,29)31-16-27-12-4-5-20(23(27)24)21-14-19(26-32-21)13-17-7-9-18(10-8-17)15-30-22-6-2-3-11-25-22/h2-12,14,24H,13,15-16H2,1H3,(H,28,29)/p+1. The smallest absolute Gasteiger partial charge is 0.328 e. The number of ether oxygens (including phenoxy) is 1. The van der Waals surface area contributed by atoms with Gasteiger partial charge in [0, 0.05) is 31.4 Å². The molecule has 3 heterocycles. The zero-order chi connectivity index (χ0) is 23.3. The van der Waals surface area contributed by atoms with Gasteiger partial charge in [-0.1, -0.05) is 35.5 Å². The van der Waals surface area contributed by atoms with Crippen LogP contribution < -0.4 is 15.0 Å². The molecule has 0 aliphatic rings. The molecule has 0 fully saturated rings. The van der Waals surface area contributed by atoms with Crippen LogP contribution in [0.15, 0.2) is 77.6 Å². The minimum atomic E-state index is -3.62. The summed E-state index contributed by atoms with van der Waals surface area (Å²) in [7, 11) is -3.62. The van der Waals surface area contributed by atoms with E-state index in [1.165, 1.54) is 4.57 Å². The van der Waals surface area contributed by atoms with Crippen LogP contribution in [0.1, 0.15) is 16.8 Å². The summed E-state index contributed by atoms with van der Waals surface area (Å²) in [6.45, 7) is 1.41. The molecule has 4 rings (SSSR count). The van der Waals surface area contributed by atoms with Gasteiger partial charge >= 0.3 is 7.60 Å². The van der Waals surface area contributed by atoms with E-state index in [0.29, 0.717) is 36.0 Å². The molecule has 33 heavy (non-hydrogen) atoms. The van der Waals surface area contributed by atoms with E-state index in [-0.39, 0.29) is 6.73 Å². The largest absolute Gasteiger partial charge is 0.473 e. The first-order valence-corrected chi connectivity index (χ1v) is 12.2. The minimum absolute atomic E-state index is 0.151. The molecule has 9 nitrogen and oxygen atoms in total. The number of hydrogen-bond donors (Lipinski definition) is 2. The van der Waals surface area contributed by atoms with Crippen molar-refractivity contribution in [1.82, 2.24) is 10.1 Å². The lowest BCUT2D eigenvalue weighted by Gasteiger charge is -2.08. The molecule has 4 aromatic rings. The SMILES string of the molecule is CP(=O)(O)OC[n+]1cccc(-c2cc(Cc3ccc(COc4ccccn4)cc3)no2)c1N. The molecule has 10 heteroatoms. The number of nitrogens with zero attached hydrogens (tertiary/aromatic N) is 3. The van der Waals surface area contributed by atoms with Gasteiger partial charge in [0.05, 0.1) is 11.9 Å². The van der Waals surface area contributed by atoms with Gasteiger partial charge in [0.25, 0.3) is 5.82 Å². The Labute approximate surface area is 191 Å². The van der Waals surface area contributed by atoms with Crippen LogP contribution in [0.4, 0.5) is 5.82 Å². The molecule has 1 atom stereocenters. The fraction of sp³-hybridized carbons (Fsp3) is 0.174. The first-order chi connectivity index (χ1) is 15.9. The maximum absolute atomic E-state index is 11.4. The van der Waals surface area contributed by atoms with Gasteiger partial charge in [-0.15, -0.1) is 0 Å². The first kappa shape index (κ1) is 22.7. The molecule has 0 saturated carbocycles. The molecular formula is C23H24N4O5P+. The molecule has 0 spiro atoms. The number of anilines is 1. The van der Waals surface area contributed by atoms with Crippen molar-refractivity contribution in [2.24, 2.45) is 0 Å². The van der Waals surface area contributed by atoms with E-state index in [1.807, 2.05) is 48.5 Å². The summed E-state index contributed by atoms with van der Waals surface area (Å²) in [5, 5.41) is 4.15. The fourth-order valence-corrected chi connectivity index (χ4v) is 3.47. The van der Waals surface area contributed by atoms with Crippen molar-refractivity contribution in [1.29, 1.82) is 0 Å². The molecular weight excluding hydrogens is 443 g/mol. The maximum Gasteiger partial charge on any atom is 0.328 e. The van der Waals surface area contributed by atoms with E-state index in [1.54, 1.807) is 24.5 Å². The third-order valence-electron chi connectivity index (χ3n) is 4.81. The highest BCUT2D eigenvalue weighted by molar-refractivity contribution is 7.51. The highest BCUT2D eigenvalue weighted by Crippen LogP contribution is 2.36. The summed E-state index contributed by atoms with van der Waals surface area (Å²) in [6, 6.07) is 19.0. The molecule has 170 valence electrons. The summed E-state index contributed by atoms with van der Waals surface area (Å²) < 4.78 is 29.0. The highest BCUT2D eigenvalue weighted by atomic mass is 31.2. The van der Waals surface area contributed by atoms with Gasteiger partial charge in [0.1, 0.15) is 12.2 Å². The van der Waals surface area contributed by atoms with Gasteiger partial charge in [-0.2, -0.15) is 0 Å².